The molecule has 0 aliphatic carbocycles. The van der Waals surface area contributed by atoms with Gasteiger partial charge in [0.15, 0.2) is 11.0 Å². The number of benzene rings is 2. The van der Waals surface area contributed by atoms with Gasteiger partial charge in [-0.15, -0.1) is 0 Å². The molecule has 0 bridgehead atoms. The van der Waals surface area contributed by atoms with Gasteiger partial charge in [0, 0.05) is 25.2 Å². The molecule has 0 saturated carbocycles. The Labute approximate surface area is 124 Å². The number of methoxy groups -OCH3 is 1. The van der Waals surface area contributed by atoms with Crippen LogP contribution < -0.4 is 14.6 Å². The summed E-state index contributed by atoms with van der Waals surface area (Å²) in [6.45, 7) is 2.87. The van der Waals surface area contributed by atoms with Crippen molar-refractivity contribution in [1.82, 2.24) is 4.98 Å². The van der Waals surface area contributed by atoms with E-state index in [9.17, 15) is 0 Å². The highest BCUT2D eigenvalue weighted by molar-refractivity contribution is 5.76. The third-order valence-electron chi connectivity index (χ3n) is 3.83. The van der Waals surface area contributed by atoms with E-state index in [0.29, 0.717) is 0 Å². The molecule has 4 nitrogen and oxygen atoms in total. The quantitative estimate of drug-likeness (QED) is 0.722. The van der Waals surface area contributed by atoms with Crippen molar-refractivity contribution in [2.75, 3.05) is 12.4 Å². The lowest BCUT2D eigenvalue weighted by molar-refractivity contribution is -0.651. The van der Waals surface area contributed by atoms with Gasteiger partial charge >= 0.3 is 0 Å². The SMILES string of the molecule is COc1ccc(CNc2ccc3c(c2)[nH]c(C)[n+]3C)cc1. The van der Waals surface area contributed by atoms with Gasteiger partial charge in [0.05, 0.1) is 14.2 Å². The highest BCUT2D eigenvalue weighted by Crippen LogP contribution is 2.17. The van der Waals surface area contributed by atoms with Gasteiger partial charge in [-0.25, -0.2) is 9.55 Å². The van der Waals surface area contributed by atoms with E-state index in [2.05, 4.69) is 59.2 Å². The topological polar surface area (TPSA) is 40.9 Å². The van der Waals surface area contributed by atoms with E-state index in [1.807, 2.05) is 12.1 Å². The maximum absolute atomic E-state index is 5.17. The third-order valence-corrected chi connectivity index (χ3v) is 3.83. The van der Waals surface area contributed by atoms with Gasteiger partial charge in [-0.05, 0) is 29.8 Å². The van der Waals surface area contributed by atoms with Crippen LogP contribution in [0.2, 0.25) is 0 Å². The second-order valence-corrected chi connectivity index (χ2v) is 5.20. The summed E-state index contributed by atoms with van der Waals surface area (Å²) in [7, 11) is 3.75. The van der Waals surface area contributed by atoms with Crippen LogP contribution in [0.1, 0.15) is 11.4 Å². The first-order valence-corrected chi connectivity index (χ1v) is 7.02. The summed E-state index contributed by atoms with van der Waals surface area (Å²) in [5.41, 5.74) is 4.70. The largest absolute Gasteiger partial charge is 0.497 e. The predicted molar refractivity (Wildman–Crippen MR) is 84.5 cm³/mol. The minimum absolute atomic E-state index is 0.793. The van der Waals surface area contributed by atoms with Crippen LogP contribution in [0.5, 0.6) is 5.75 Å². The Hall–Kier alpha value is -2.49. The minimum atomic E-state index is 0.793. The van der Waals surface area contributed by atoms with E-state index in [1.54, 1.807) is 7.11 Å². The number of hydrogen-bond acceptors (Lipinski definition) is 2. The van der Waals surface area contributed by atoms with Gasteiger partial charge in [-0.3, -0.25) is 0 Å². The molecule has 21 heavy (non-hydrogen) atoms. The van der Waals surface area contributed by atoms with Crippen LogP contribution in [-0.4, -0.2) is 12.1 Å². The molecule has 2 aromatic carbocycles. The fourth-order valence-electron chi connectivity index (χ4n) is 2.45. The number of anilines is 1. The molecule has 1 aromatic heterocycles. The van der Waals surface area contributed by atoms with Crippen LogP contribution in [0.3, 0.4) is 0 Å². The number of nitrogens with one attached hydrogen (secondary N) is 2. The molecule has 4 heteroatoms. The van der Waals surface area contributed by atoms with Crippen LogP contribution in [0, 0.1) is 6.92 Å². The standard InChI is InChI=1S/C17H19N3O/c1-12-19-16-10-14(6-9-17(16)20(12)2)18-11-13-4-7-15(21-3)8-5-13/h4-10,18H,11H2,1-3H3/p+1. The van der Waals surface area contributed by atoms with E-state index >= 15 is 0 Å². The van der Waals surface area contributed by atoms with Crippen molar-refractivity contribution in [2.24, 2.45) is 7.05 Å². The maximum Gasteiger partial charge on any atom is 0.251 e. The van der Waals surface area contributed by atoms with Crippen molar-refractivity contribution >= 4 is 16.7 Å². The zero-order valence-electron chi connectivity index (χ0n) is 12.6. The lowest BCUT2D eigenvalue weighted by Crippen LogP contribution is -2.29. The number of hydrogen-bond donors (Lipinski definition) is 2. The summed E-state index contributed by atoms with van der Waals surface area (Å²) in [5, 5.41) is 3.45. The number of rotatable bonds is 4. The lowest BCUT2D eigenvalue weighted by atomic mass is 10.2. The number of nitrogens with zero attached hydrogens (tertiary/aromatic N) is 1. The molecule has 0 spiro atoms. The van der Waals surface area contributed by atoms with Crippen LogP contribution in [0.15, 0.2) is 42.5 Å². The van der Waals surface area contributed by atoms with Gasteiger partial charge in [-0.1, -0.05) is 12.1 Å². The van der Waals surface area contributed by atoms with Crippen molar-refractivity contribution in [3.63, 3.8) is 0 Å². The van der Waals surface area contributed by atoms with Crippen LogP contribution >= 0.6 is 0 Å². The summed E-state index contributed by atoms with van der Waals surface area (Å²) < 4.78 is 7.32. The molecule has 0 saturated heterocycles. The van der Waals surface area contributed by atoms with Crippen LogP contribution in [-0.2, 0) is 13.6 Å². The Kier molecular flexibility index (Phi) is 3.52. The molecule has 0 aliphatic heterocycles. The summed E-state index contributed by atoms with van der Waals surface area (Å²) in [6, 6.07) is 14.5. The van der Waals surface area contributed by atoms with Crippen molar-refractivity contribution in [3.05, 3.63) is 53.9 Å². The number of aromatic nitrogens is 2. The zero-order valence-corrected chi connectivity index (χ0v) is 12.6. The molecule has 0 amide bonds. The molecule has 0 aliphatic rings. The van der Waals surface area contributed by atoms with Crippen molar-refractivity contribution in [1.29, 1.82) is 0 Å². The van der Waals surface area contributed by atoms with E-state index in [1.165, 1.54) is 11.1 Å². The molecule has 0 atom stereocenters. The molecule has 3 rings (SSSR count). The molecule has 108 valence electrons. The highest BCUT2D eigenvalue weighted by Gasteiger charge is 2.11. The number of aryl methyl sites for hydroxylation is 2. The number of H-pyrrole nitrogens is 1. The molecule has 0 fully saturated rings. The summed E-state index contributed by atoms with van der Waals surface area (Å²) >= 11 is 0. The number of imidazole rings is 1. The fraction of sp³-hybridized carbons (Fsp3) is 0.235. The zero-order chi connectivity index (χ0) is 14.8. The highest BCUT2D eigenvalue weighted by atomic mass is 16.5. The molecular weight excluding hydrogens is 262 g/mol. The average Bonchev–Trinajstić information content (AvgIpc) is 2.80. The normalized spacial score (nSPS) is 10.8. The first-order valence-electron chi connectivity index (χ1n) is 7.02. The first-order chi connectivity index (χ1) is 10.2. The number of fused-ring (bicyclic) bond motifs is 1. The van der Waals surface area contributed by atoms with E-state index in [4.69, 9.17) is 4.74 Å². The Morgan fingerprint density at radius 3 is 2.62 bits per heavy atom. The third kappa shape index (κ3) is 2.70. The summed E-state index contributed by atoms with van der Waals surface area (Å²) in [4.78, 5) is 3.39. The molecule has 0 radical (unpaired) electrons. The van der Waals surface area contributed by atoms with Crippen LogP contribution in [0.25, 0.3) is 11.0 Å². The summed E-state index contributed by atoms with van der Waals surface area (Å²) in [6.07, 6.45) is 0. The molecule has 0 unspecified atom stereocenters. The molecular formula is C17H20N3O+. The first kappa shape index (κ1) is 13.5. The Balaban J connectivity index is 1.75. The predicted octanol–water partition coefficient (Wildman–Crippen LogP) is 2.92. The summed E-state index contributed by atoms with van der Waals surface area (Å²) in [5.74, 6) is 2.03. The van der Waals surface area contributed by atoms with Crippen LogP contribution in [0.4, 0.5) is 5.69 Å². The van der Waals surface area contributed by atoms with Crippen molar-refractivity contribution < 1.29 is 9.30 Å². The van der Waals surface area contributed by atoms with E-state index in [-0.39, 0.29) is 0 Å². The maximum atomic E-state index is 5.17. The van der Waals surface area contributed by atoms with Gasteiger partial charge in [0.25, 0.3) is 5.82 Å². The fourth-order valence-corrected chi connectivity index (χ4v) is 2.45. The van der Waals surface area contributed by atoms with Crippen molar-refractivity contribution in [3.8, 4) is 5.75 Å². The number of aromatic amines is 1. The van der Waals surface area contributed by atoms with E-state index in [0.717, 1.165) is 29.3 Å². The number of ether oxygens (including phenoxy) is 1. The van der Waals surface area contributed by atoms with Gasteiger partial charge in [0.1, 0.15) is 5.75 Å². The Morgan fingerprint density at radius 1 is 1.14 bits per heavy atom. The van der Waals surface area contributed by atoms with Gasteiger partial charge in [0.2, 0.25) is 0 Å². The molecule has 3 aromatic rings. The van der Waals surface area contributed by atoms with Gasteiger partial charge < -0.3 is 10.1 Å². The lowest BCUT2D eigenvalue weighted by Gasteiger charge is -2.07. The second-order valence-electron chi connectivity index (χ2n) is 5.20. The Bertz CT molecular complexity index is 760. The monoisotopic (exact) mass is 282 g/mol. The molecule has 2 N–H and O–H groups in total. The smallest absolute Gasteiger partial charge is 0.251 e. The van der Waals surface area contributed by atoms with Crippen molar-refractivity contribution in [2.45, 2.75) is 13.5 Å². The van der Waals surface area contributed by atoms with Gasteiger partial charge in [-0.2, -0.15) is 0 Å². The molecule has 1 heterocycles. The van der Waals surface area contributed by atoms with E-state index < -0.39 is 0 Å². The second kappa shape index (κ2) is 5.48. The minimum Gasteiger partial charge on any atom is -0.497 e. The Morgan fingerprint density at radius 2 is 1.90 bits per heavy atom. The average molecular weight is 282 g/mol.